The maximum absolute atomic E-state index is 6.15. The Balaban J connectivity index is 2.08. The molecule has 1 unspecified atom stereocenters. The van der Waals surface area contributed by atoms with Gasteiger partial charge in [-0.1, -0.05) is 49.4 Å². The van der Waals surface area contributed by atoms with E-state index < -0.39 is 0 Å². The van der Waals surface area contributed by atoms with E-state index in [2.05, 4.69) is 49.4 Å². The lowest BCUT2D eigenvalue weighted by Crippen LogP contribution is -1.97. The van der Waals surface area contributed by atoms with Crippen LogP contribution >= 0.6 is 11.6 Å². The van der Waals surface area contributed by atoms with Crippen LogP contribution in [-0.4, -0.2) is 5.38 Å². The van der Waals surface area contributed by atoms with Gasteiger partial charge in [0.2, 0.25) is 0 Å². The molecule has 90 valence electrons. The molecule has 1 atom stereocenters. The first-order valence-corrected chi connectivity index (χ1v) is 6.85. The van der Waals surface area contributed by atoms with E-state index in [1.807, 2.05) is 0 Å². The molecule has 0 saturated carbocycles. The molecule has 0 nitrogen and oxygen atoms in total. The smallest absolute Gasteiger partial charge is 0.0333 e. The van der Waals surface area contributed by atoms with Crippen molar-refractivity contribution >= 4 is 22.4 Å². The van der Waals surface area contributed by atoms with Crippen LogP contribution in [0, 0.1) is 0 Å². The standard InChI is InChI=1S/C16H19Cl/c1-2-15(17)11-6-10-14-9-5-8-13-7-3-4-12-16(13)14/h3-5,7-9,12,15H,2,6,10-11H2,1H3. The highest BCUT2D eigenvalue weighted by Gasteiger charge is 2.03. The summed E-state index contributed by atoms with van der Waals surface area (Å²) in [6.45, 7) is 2.15. The number of hydrogen-bond acceptors (Lipinski definition) is 0. The first-order valence-electron chi connectivity index (χ1n) is 6.42. The number of hydrogen-bond donors (Lipinski definition) is 0. The fourth-order valence-corrected chi connectivity index (χ4v) is 2.38. The average Bonchev–Trinajstić information content (AvgIpc) is 2.39. The van der Waals surface area contributed by atoms with Gasteiger partial charge in [-0.05, 0) is 42.0 Å². The molecule has 0 radical (unpaired) electrons. The molecule has 0 heterocycles. The van der Waals surface area contributed by atoms with Gasteiger partial charge in [-0.2, -0.15) is 0 Å². The summed E-state index contributed by atoms with van der Waals surface area (Å²) in [7, 11) is 0. The molecule has 0 spiro atoms. The van der Waals surface area contributed by atoms with E-state index in [4.69, 9.17) is 11.6 Å². The largest absolute Gasteiger partial charge is 0.123 e. The van der Waals surface area contributed by atoms with Crippen molar-refractivity contribution in [2.45, 2.75) is 38.0 Å². The second-order valence-corrected chi connectivity index (χ2v) is 5.15. The summed E-state index contributed by atoms with van der Waals surface area (Å²) in [5.74, 6) is 0. The molecule has 0 aliphatic heterocycles. The SMILES string of the molecule is CCC(Cl)CCCc1cccc2ccccc12. The second-order valence-electron chi connectivity index (χ2n) is 4.54. The lowest BCUT2D eigenvalue weighted by molar-refractivity contribution is 0.676. The average molecular weight is 247 g/mol. The highest BCUT2D eigenvalue weighted by molar-refractivity contribution is 6.20. The number of alkyl halides is 1. The maximum Gasteiger partial charge on any atom is 0.0333 e. The Kier molecular flexibility index (Phi) is 4.44. The van der Waals surface area contributed by atoms with Gasteiger partial charge in [0.15, 0.2) is 0 Å². The Morgan fingerprint density at radius 3 is 2.65 bits per heavy atom. The molecule has 17 heavy (non-hydrogen) atoms. The Bertz CT molecular complexity index is 470. The zero-order chi connectivity index (χ0) is 12.1. The zero-order valence-electron chi connectivity index (χ0n) is 10.3. The van der Waals surface area contributed by atoms with Gasteiger partial charge in [0, 0.05) is 5.38 Å². The number of halogens is 1. The summed E-state index contributed by atoms with van der Waals surface area (Å²) in [6.07, 6.45) is 4.49. The van der Waals surface area contributed by atoms with Crippen molar-refractivity contribution < 1.29 is 0 Å². The van der Waals surface area contributed by atoms with Crippen LogP contribution in [-0.2, 0) is 6.42 Å². The molecule has 1 heteroatoms. The Hall–Kier alpha value is -1.01. The monoisotopic (exact) mass is 246 g/mol. The van der Waals surface area contributed by atoms with Crippen LogP contribution in [0.1, 0.15) is 31.7 Å². The fourth-order valence-electron chi connectivity index (χ4n) is 2.23. The number of rotatable bonds is 5. The maximum atomic E-state index is 6.15. The third-order valence-electron chi connectivity index (χ3n) is 3.29. The van der Waals surface area contributed by atoms with Crippen molar-refractivity contribution in [2.24, 2.45) is 0 Å². The molecule has 0 amide bonds. The van der Waals surface area contributed by atoms with Crippen LogP contribution in [0.25, 0.3) is 10.8 Å². The summed E-state index contributed by atoms with van der Waals surface area (Å²) < 4.78 is 0. The van der Waals surface area contributed by atoms with Gasteiger partial charge in [-0.15, -0.1) is 11.6 Å². The van der Waals surface area contributed by atoms with Crippen LogP contribution in [0.4, 0.5) is 0 Å². The highest BCUT2D eigenvalue weighted by atomic mass is 35.5. The minimum atomic E-state index is 0.338. The number of fused-ring (bicyclic) bond motifs is 1. The Morgan fingerprint density at radius 2 is 1.82 bits per heavy atom. The summed E-state index contributed by atoms with van der Waals surface area (Å²) in [5.41, 5.74) is 1.45. The quantitative estimate of drug-likeness (QED) is 0.638. The van der Waals surface area contributed by atoms with Gasteiger partial charge in [-0.3, -0.25) is 0 Å². The molecule has 0 bridgehead atoms. The third-order valence-corrected chi connectivity index (χ3v) is 3.81. The van der Waals surface area contributed by atoms with Crippen molar-refractivity contribution in [1.82, 2.24) is 0 Å². The molecule has 0 aliphatic carbocycles. The molecule has 0 fully saturated rings. The molecule has 2 rings (SSSR count). The van der Waals surface area contributed by atoms with E-state index >= 15 is 0 Å². The van der Waals surface area contributed by atoms with Crippen LogP contribution in [0.2, 0.25) is 0 Å². The predicted molar refractivity (Wildman–Crippen MR) is 76.8 cm³/mol. The van der Waals surface area contributed by atoms with Gasteiger partial charge in [-0.25, -0.2) is 0 Å². The number of aryl methyl sites for hydroxylation is 1. The Morgan fingerprint density at radius 1 is 1.06 bits per heavy atom. The van der Waals surface area contributed by atoms with Crippen molar-refractivity contribution in [1.29, 1.82) is 0 Å². The molecule has 2 aromatic carbocycles. The molecular weight excluding hydrogens is 228 g/mol. The predicted octanol–water partition coefficient (Wildman–Crippen LogP) is 5.18. The van der Waals surface area contributed by atoms with Gasteiger partial charge in [0.1, 0.15) is 0 Å². The van der Waals surface area contributed by atoms with Crippen LogP contribution in [0.15, 0.2) is 42.5 Å². The van der Waals surface area contributed by atoms with Gasteiger partial charge >= 0.3 is 0 Å². The Labute approximate surface area is 109 Å². The summed E-state index contributed by atoms with van der Waals surface area (Å²) in [4.78, 5) is 0. The minimum absolute atomic E-state index is 0.338. The molecular formula is C16H19Cl. The van der Waals surface area contributed by atoms with Crippen molar-refractivity contribution in [3.05, 3.63) is 48.0 Å². The van der Waals surface area contributed by atoms with E-state index in [9.17, 15) is 0 Å². The lowest BCUT2D eigenvalue weighted by atomic mass is 9.99. The van der Waals surface area contributed by atoms with E-state index in [1.165, 1.54) is 22.8 Å². The first-order chi connectivity index (χ1) is 8.31. The zero-order valence-corrected chi connectivity index (χ0v) is 11.1. The van der Waals surface area contributed by atoms with Gasteiger partial charge < -0.3 is 0 Å². The topological polar surface area (TPSA) is 0 Å². The second kappa shape index (κ2) is 6.07. The van der Waals surface area contributed by atoms with Crippen LogP contribution in [0.5, 0.6) is 0 Å². The van der Waals surface area contributed by atoms with E-state index in [0.717, 1.165) is 19.3 Å². The van der Waals surface area contributed by atoms with E-state index in [0.29, 0.717) is 5.38 Å². The van der Waals surface area contributed by atoms with E-state index in [-0.39, 0.29) is 0 Å². The molecule has 0 saturated heterocycles. The van der Waals surface area contributed by atoms with Gasteiger partial charge in [0.25, 0.3) is 0 Å². The van der Waals surface area contributed by atoms with Crippen molar-refractivity contribution in [3.63, 3.8) is 0 Å². The summed E-state index contributed by atoms with van der Waals surface area (Å²) >= 11 is 6.15. The number of benzene rings is 2. The molecule has 0 N–H and O–H groups in total. The molecule has 2 aromatic rings. The molecule has 0 aromatic heterocycles. The van der Waals surface area contributed by atoms with Crippen molar-refractivity contribution in [3.8, 4) is 0 Å². The fraction of sp³-hybridized carbons (Fsp3) is 0.375. The first kappa shape index (κ1) is 12.4. The minimum Gasteiger partial charge on any atom is -0.123 e. The van der Waals surface area contributed by atoms with E-state index in [1.54, 1.807) is 0 Å². The summed E-state index contributed by atoms with van der Waals surface area (Å²) in [6, 6.07) is 15.2. The van der Waals surface area contributed by atoms with Gasteiger partial charge in [0.05, 0.1) is 0 Å². The van der Waals surface area contributed by atoms with Crippen LogP contribution in [0.3, 0.4) is 0 Å². The summed E-state index contributed by atoms with van der Waals surface area (Å²) in [5, 5.41) is 3.06. The van der Waals surface area contributed by atoms with Crippen molar-refractivity contribution in [2.75, 3.05) is 0 Å². The lowest BCUT2D eigenvalue weighted by Gasteiger charge is -2.08. The molecule has 0 aliphatic rings. The normalized spacial score (nSPS) is 12.8. The van der Waals surface area contributed by atoms with Crippen LogP contribution < -0.4 is 0 Å². The third kappa shape index (κ3) is 3.23. The highest BCUT2D eigenvalue weighted by Crippen LogP contribution is 2.21.